The summed E-state index contributed by atoms with van der Waals surface area (Å²) in [6.45, 7) is 2.02. The lowest BCUT2D eigenvalue weighted by Crippen LogP contribution is -2.28. The molecule has 16 heavy (non-hydrogen) atoms. The van der Waals surface area contributed by atoms with Crippen molar-refractivity contribution < 1.29 is 17.9 Å². The van der Waals surface area contributed by atoms with Crippen LogP contribution in [0.1, 0.15) is 12.8 Å². The highest BCUT2D eigenvalue weighted by Crippen LogP contribution is 1.92. The first kappa shape index (κ1) is 16.1. The normalized spacial score (nSPS) is 11.9. The molecule has 0 atom stereocenters. The maximum Gasteiger partial charge on any atom is 0.211 e. The maximum atomic E-state index is 11.3. The second-order valence-corrected chi connectivity index (χ2v) is 5.52. The summed E-state index contributed by atoms with van der Waals surface area (Å²) in [5.41, 5.74) is 0. The van der Waals surface area contributed by atoms with Gasteiger partial charge in [-0.1, -0.05) is 0 Å². The van der Waals surface area contributed by atoms with Crippen molar-refractivity contribution in [1.29, 1.82) is 0 Å². The second kappa shape index (κ2) is 10.3. The Morgan fingerprint density at radius 2 is 1.94 bits per heavy atom. The van der Waals surface area contributed by atoms with Gasteiger partial charge in [0.15, 0.2) is 0 Å². The van der Waals surface area contributed by atoms with Crippen LogP contribution < -0.4 is 4.72 Å². The van der Waals surface area contributed by atoms with Crippen LogP contribution >= 0.6 is 11.6 Å². The first-order valence-electron chi connectivity index (χ1n) is 5.22. The van der Waals surface area contributed by atoms with E-state index in [4.69, 9.17) is 21.1 Å². The number of hydrogen-bond donors (Lipinski definition) is 1. The molecule has 0 aromatic rings. The number of methoxy groups -OCH3 is 1. The summed E-state index contributed by atoms with van der Waals surface area (Å²) in [4.78, 5) is 0. The zero-order valence-corrected chi connectivity index (χ0v) is 11.1. The van der Waals surface area contributed by atoms with E-state index in [-0.39, 0.29) is 5.75 Å². The summed E-state index contributed by atoms with van der Waals surface area (Å²) in [6.07, 6.45) is 1.13. The molecule has 0 rings (SSSR count). The van der Waals surface area contributed by atoms with Crippen molar-refractivity contribution in [3.8, 4) is 0 Å². The van der Waals surface area contributed by atoms with Gasteiger partial charge in [-0.25, -0.2) is 13.1 Å². The van der Waals surface area contributed by atoms with Gasteiger partial charge < -0.3 is 9.47 Å². The minimum Gasteiger partial charge on any atom is -0.382 e. The van der Waals surface area contributed by atoms with E-state index in [2.05, 4.69) is 4.72 Å². The lowest BCUT2D eigenvalue weighted by atomic mass is 10.5. The number of halogens is 1. The Morgan fingerprint density at radius 1 is 1.19 bits per heavy atom. The predicted molar refractivity (Wildman–Crippen MR) is 64.4 cm³/mol. The van der Waals surface area contributed by atoms with Crippen LogP contribution in [-0.2, 0) is 19.5 Å². The lowest BCUT2D eigenvalue weighted by Gasteiger charge is -2.06. The van der Waals surface area contributed by atoms with E-state index in [1.165, 1.54) is 0 Å². The summed E-state index contributed by atoms with van der Waals surface area (Å²) < 4.78 is 35.1. The Balaban J connectivity index is 3.36. The Morgan fingerprint density at radius 3 is 2.56 bits per heavy atom. The van der Waals surface area contributed by atoms with Crippen LogP contribution in [0, 0.1) is 0 Å². The standard InChI is InChI=1S/C9H20ClNO4S/c1-14-7-8-15-6-3-5-11-16(12,13)9-2-4-10/h11H,2-9H2,1H3. The Hall–Kier alpha value is 0.120. The van der Waals surface area contributed by atoms with Crippen LogP contribution in [0.5, 0.6) is 0 Å². The minimum atomic E-state index is -3.16. The summed E-state index contributed by atoms with van der Waals surface area (Å²) in [5, 5.41) is 0. The fourth-order valence-electron chi connectivity index (χ4n) is 0.963. The number of nitrogens with one attached hydrogen (secondary N) is 1. The van der Waals surface area contributed by atoms with Crippen molar-refractivity contribution in [3.63, 3.8) is 0 Å². The molecule has 98 valence electrons. The lowest BCUT2D eigenvalue weighted by molar-refractivity contribution is 0.0699. The molecule has 0 aliphatic carbocycles. The fraction of sp³-hybridized carbons (Fsp3) is 1.00. The molecule has 0 aromatic carbocycles. The van der Waals surface area contributed by atoms with Gasteiger partial charge in [0, 0.05) is 26.1 Å². The van der Waals surface area contributed by atoms with Crippen molar-refractivity contribution >= 4 is 21.6 Å². The minimum absolute atomic E-state index is 0.0844. The van der Waals surface area contributed by atoms with Crippen LogP contribution in [0.15, 0.2) is 0 Å². The number of rotatable bonds is 11. The molecule has 0 aromatic heterocycles. The third-order valence-corrected chi connectivity index (χ3v) is 3.50. The molecular weight excluding hydrogens is 254 g/mol. The number of hydrogen-bond acceptors (Lipinski definition) is 4. The number of alkyl halides is 1. The van der Waals surface area contributed by atoms with E-state index >= 15 is 0 Å². The van der Waals surface area contributed by atoms with Gasteiger partial charge in [0.05, 0.1) is 19.0 Å². The molecule has 0 fully saturated rings. The highest BCUT2D eigenvalue weighted by Gasteiger charge is 2.07. The molecule has 7 heteroatoms. The van der Waals surface area contributed by atoms with Crippen LogP contribution in [-0.4, -0.2) is 53.5 Å². The molecule has 0 bridgehead atoms. The molecule has 0 heterocycles. The van der Waals surface area contributed by atoms with E-state index in [1.54, 1.807) is 7.11 Å². The first-order valence-corrected chi connectivity index (χ1v) is 7.41. The first-order chi connectivity index (χ1) is 7.62. The summed E-state index contributed by atoms with van der Waals surface area (Å²) in [7, 11) is -1.55. The smallest absolute Gasteiger partial charge is 0.211 e. The van der Waals surface area contributed by atoms with Crippen LogP contribution in [0.4, 0.5) is 0 Å². The van der Waals surface area contributed by atoms with Crippen LogP contribution in [0.3, 0.4) is 0 Å². The van der Waals surface area contributed by atoms with Crippen LogP contribution in [0.25, 0.3) is 0 Å². The molecule has 5 nitrogen and oxygen atoms in total. The average Bonchev–Trinajstić information content (AvgIpc) is 2.25. The molecule has 0 amide bonds. The van der Waals surface area contributed by atoms with E-state index in [1.807, 2.05) is 0 Å². The third kappa shape index (κ3) is 10.6. The Kier molecular flexibility index (Phi) is 10.4. The van der Waals surface area contributed by atoms with Crippen LogP contribution in [0.2, 0.25) is 0 Å². The Bertz CT molecular complexity index is 246. The molecule has 0 aliphatic heterocycles. The van der Waals surface area contributed by atoms with Gasteiger partial charge in [-0.15, -0.1) is 11.6 Å². The predicted octanol–water partition coefficient (Wildman–Crippen LogP) is 0.588. The zero-order chi connectivity index (χ0) is 12.3. The van der Waals surface area contributed by atoms with Gasteiger partial charge in [0.2, 0.25) is 10.0 Å². The zero-order valence-electron chi connectivity index (χ0n) is 9.58. The summed E-state index contributed by atoms with van der Waals surface area (Å²) in [5.74, 6) is 0.446. The molecule has 0 aliphatic rings. The molecule has 0 saturated carbocycles. The van der Waals surface area contributed by atoms with Gasteiger partial charge in [0.1, 0.15) is 0 Å². The second-order valence-electron chi connectivity index (χ2n) is 3.21. The van der Waals surface area contributed by atoms with Crippen molar-refractivity contribution in [2.24, 2.45) is 0 Å². The van der Waals surface area contributed by atoms with Crippen molar-refractivity contribution in [2.45, 2.75) is 12.8 Å². The van der Waals surface area contributed by atoms with Gasteiger partial charge in [0.25, 0.3) is 0 Å². The molecule has 0 unspecified atom stereocenters. The molecule has 1 N–H and O–H groups in total. The van der Waals surface area contributed by atoms with Crippen molar-refractivity contribution in [1.82, 2.24) is 4.72 Å². The van der Waals surface area contributed by atoms with Gasteiger partial charge in [-0.2, -0.15) is 0 Å². The summed E-state index contributed by atoms with van der Waals surface area (Å²) >= 11 is 5.42. The van der Waals surface area contributed by atoms with E-state index < -0.39 is 10.0 Å². The van der Waals surface area contributed by atoms with E-state index in [0.717, 1.165) is 0 Å². The summed E-state index contributed by atoms with van der Waals surface area (Å²) in [6, 6.07) is 0. The largest absolute Gasteiger partial charge is 0.382 e. The highest BCUT2D eigenvalue weighted by molar-refractivity contribution is 7.89. The quantitative estimate of drug-likeness (QED) is 0.442. The maximum absolute atomic E-state index is 11.3. The van der Waals surface area contributed by atoms with Crippen molar-refractivity contribution in [3.05, 3.63) is 0 Å². The molecule has 0 saturated heterocycles. The van der Waals surface area contributed by atoms with Crippen molar-refractivity contribution in [2.75, 3.05) is 45.1 Å². The Labute approximate surface area is 102 Å². The van der Waals surface area contributed by atoms with Gasteiger partial charge in [-0.05, 0) is 12.8 Å². The molecule has 0 radical (unpaired) electrons. The fourth-order valence-corrected chi connectivity index (χ4v) is 2.38. The number of sulfonamides is 1. The van der Waals surface area contributed by atoms with E-state index in [0.29, 0.717) is 45.1 Å². The monoisotopic (exact) mass is 273 g/mol. The highest BCUT2D eigenvalue weighted by atomic mass is 35.5. The molecule has 0 spiro atoms. The van der Waals surface area contributed by atoms with Gasteiger partial charge >= 0.3 is 0 Å². The topological polar surface area (TPSA) is 64.6 Å². The number of ether oxygens (including phenoxy) is 2. The average molecular weight is 274 g/mol. The molecular formula is C9H20ClNO4S. The SMILES string of the molecule is COCCOCCCNS(=O)(=O)CCCCl. The van der Waals surface area contributed by atoms with Gasteiger partial charge in [-0.3, -0.25) is 0 Å². The third-order valence-electron chi connectivity index (χ3n) is 1.77. The van der Waals surface area contributed by atoms with E-state index in [9.17, 15) is 8.42 Å².